The van der Waals surface area contributed by atoms with Crippen molar-refractivity contribution in [1.82, 2.24) is 5.32 Å². The van der Waals surface area contributed by atoms with E-state index in [1.165, 1.54) is 43.3 Å². The Bertz CT molecular complexity index is 800. The molecule has 3 amide bonds. The fraction of sp³-hybridized carbons (Fsp3) is 0.0588. The fourth-order valence-electron chi connectivity index (χ4n) is 1.89. The molecule has 7 heteroatoms. The molecule has 0 aliphatic heterocycles. The first-order valence-corrected chi connectivity index (χ1v) is 7.25. The lowest BCUT2D eigenvalue weighted by Gasteiger charge is -2.08. The molecule has 0 atom stereocenters. The van der Waals surface area contributed by atoms with Crippen LogP contribution in [0.4, 0.5) is 19.3 Å². The van der Waals surface area contributed by atoms with Crippen molar-refractivity contribution in [2.75, 3.05) is 5.32 Å². The molecule has 24 heavy (non-hydrogen) atoms. The van der Waals surface area contributed by atoms with E-state index >= 15 is 0 Å². The van der Waals surface area contributed by atoms with Gasteiger partial charge in [0.15, 0.2) is 0 Å². The number of benzene rings is 2. The minimum Gasteiger partial charge on any atom is -0.308 e. The van der Waals surface area contributed by atoms with Gasteiger partial charge in [0.1, 0.15) is 0 Å². The van der Waals surface area contributed by atoms with Crippen LogP contribution in [0.3, 0.4) is 0 Å². The lowest BCUT2D eigenvalue weighted by atomic mass is 10.1. The fourth-order valence-corrected chi connectivity index (χ4v) is 2.11. The van der Waals surface area contributed by atoms with Crippen molar-refractivity contribution in [1.29, 1.82) is 0 Å². The normalized spacial score (nSPS) is 10.0. The lowest BCUT2D eigenvalue weighted by Crippen LogP contribution is -2.34. The highest BCUT2D eigenvalue weighted by molar-refractivity contribution is 6.34. The van der Waals surface area contributed by atoms with Crippen molar-refractivity contribution in [2.45, 2.75) is 6.92 Å². The van der Waals surface area contributed by atoms with Crippen molar-refractivity contribution in [3.05, 3.63) is 70.8 Å². The van der Waals surface area contributed by atoms with Gasteiger partial charge in [0, 0.05) is 11.3 Å². The van der Waals surface area contributed by atoms with Gasteiger partial charge in [-0.1, -0.05) is 35.9 Å². The summed E-state index contributed by atoms with van der Waals surface area (Å²) >= 11 is 5.88. The Morgan fingerprint density at radius 1 is 1.00 bits per heavy atom. The van der Waals surface area contributed by atoms with E-state index in [1.807, 2.05) is 0 Å². The van der Waals surface area contributed by atoms with E-state index in [1.54, 1.807) is 12.1 Å². The van der Waals surface area contributed by atoms with Crippen molar-refractivity contribution < 1.29 is 18.4 Å². The summed E-state index contributed by atoms with van der Waals surface area (Å²) in [6, 6.07) is 11.4. The number of amides is 3. The molecule has 0 radical (unpaired) electrons. The SMILES string of the molecule is CC(=C(F)F)c1ccc(NC(=O)NC(=O)c2ccccc2Cl)cc1. The van der Waals surface area contributed by atoms with Crippen LogP contribution in [0.15, 0.2) is 54.6 Å². The van der Waals surface area contributed by atoms with Crippen LogP contribution in [0.5, 0.6) is 0 Å². The molecule has 0 aliphatic rings. The van der Waals surface area contributed by atoms with Gasteiger partial charge in [-0.15, -0.1) is 0 Å². The maximum atomic E-state index is 12.5. The predicted octanol–water partition coefficient (Wildman–Crippen LogP) is 4.93. The second-order valence-corrected chi connectivity index (χ2v) is 5.26. The Hall–Kier alpha value is -2.73. The predicted molar refractivity (Wildman–Crippen MR) is 89.2 cm³/mol. The first-order chi connectivity index (χ1) is 11.4. The molecule has 2 N–H and O–H groups in total. The average Bonchev–Trinajstić information content (AvgIpc) is 2.55. The van der Waals surface area contributed by atoms with Gasteiger partial charge in [0.05, 0.1) is 10.6 Å². The number of urea groups is 1. The summed E-state index contributed by atoms with van der Waals surface area (Å²) in [5.41, 5.74) is 0.729. The molecule has 124 valence electrons. The van der Waals surface area contributed by atoms with Gasteiger partial charge in [-0.25, -0.2) is 4.79 Å². The Labute approximate surface area is 142 Å². The van der Waals surface area contributed by atoms with Crippen molar-refractivity contribution in [3.8, 4) is 0 Å². The molecular formula is C17H13ClF2N2O2. The molecule has 0 saturated carbocycles. The highest BCUT2D eigenvalue weighted by Gasteiger charge is 2.13. The third-order valence-electron chi connectivity index (χ3n) is 3.20. The average molecular weight is 351 g/mol. The molecule has 0 spiro atoms. The van der Waals surface area contributed by atoms with Crippen LogP contribution >= 0.6 is 11.6 Å². The summed E-state index contributed by atoms with van der Waals surface area (Å²) < 4.78 is 25.0. The third kappa shape index (κ3) is 4.39. The van der Waals surface area contributed by atoms with Crippen molar-refractivity contribution in [3.63, 3.8) is 0 Å². The zero-order valence-electron chi connectivity index (χ0n) is 12.6. The highest BCUT2D eigenvalue weighted by atomic mass is 35.5. The smallest absolute Gasteiger partial charge is 0.308 e. The van der Waals surface area contributed by atoms with Crippen LogP contribution in [0.2, 0.25) is 5.02 Å². The number of imide groups is 1. The Kier molecular flexibility index (Phi) is 5.65. The number of halogens is 3. The number of rotatable bonds is 3. The standard InChI is InChI=1S/C17H13ClF2N2O2/c1-10(15(19)20)11-6-8-12(9-7-11)21-17(24)22-16(23)13-4-2-3-5-14(13)18/h2-9H,1H3,(H2,21,22,23,24). The summed E-state index contributed by atoms with van der Waals surface area (Å²) in [4.78, 5) is 23.8. The zero-order chi connectivity index (χ0) is 17.7. The summed E-state index contributed by atoms with van der Waals surface area (Å²) in [6.07, 6.45) is -1.77. The first-order valence-electron chi connectivity index (χ1n) is 6.87. The zero-order valence-corrected chi connectivity index (χ0v) is 13.3. The van der Waals surface area contributed by atoms with E-state index in [2.05, 4.69) is 10.6 Å². The van der Waals surface area contributed by atoms with Gasteiger partial charge in [-0.3, -0.25) is 10.1 Å². The highest BCUT2D eigenvalue weighted by Crippen LogP contribution is 2.21. The molecular weight excluding hydrogens is 338 g/mol. The van der Waals surface area contributed by atoms with Crippen LogP contribution in [-0.2, 0) is 0 Å². The van der Waals surface area contributed by atoms with Gasteiger partial charge in [-0.05, 0) is 36.8 Å². The number of carbonyl (C=O) groups excluding carboxylic acids is 2. The van der Waals surface area contributed by atoms with Gasteiger partial charge in [-0.2, -0.15) is 8.78 Å². The van der Waals surface area contributed by atoms with Gasteiger partial charge >= 0.3 is 6.03 Å². The largest absolute Gasteiger partial charge is 0.326 e. The van der Waals surface area contributed by atoms with Crippen LogP contribution in [0.1, 0.15) is 22.8 Å². The summed E-state index contributed by atoms with van der Waals surface area (Å²) in [5, 5.41) is 4.80. The molecule has 0 aromatic heterocycles. The Morgan fingerprint density at radius 2 is 1.62 bits per heavy atom. The maximum absolute atomic E-state index is 12.5. The number of carbonyl (C=O) groups is 2. The van der Waals surface area contributed by atoms with E-state index in [4.69, 9.17) is 11.6 Å². The van der Waals surface area contributed by atoms with E-state index in [0.29, 0.717) is 11.3 Å². The van der Waals surface area contributed by atoms with Crippen molar-refractivity contribution in [2.24, 2.45) is 0 Å². The van der Waals surface area contributed by atoms with E-state index in [9.17, 15) is 18.4 Å². The molecule has 0 fully saturated rings. The van der Waals surface area contributed by atoms with Crippen LogP contribution < -0.4 is 10.6 Å². The number of anilines is 1. The van der Waals surface area contributed by atoms with Crippen molar-refractivity contribution >= 4 is 34.8 Å². The second kappa shape index (κ2) is 7.70. The molecule has 4 nitrogen and oxygen atoms in total. The van der Waals surface area contributed by atoms with Gasteiger partial charge < -0.3 is 5.32 Å². The summed E-state index contributed by atoms with van der Waals surface area (Å²) in [6.45, 7) is 1.30. The van der Waals surface area contributed by atoms with Gasteiger partial charge in [0.25, 0.3) is 12.0 Å². The Morgan fingerprint density at radius 3 is 2.21 bits per heavy atom. The maximum Gasteiger partial charge on any atom is 0.326 e. The molecule has 0 bridgehead atoms. The van der Waals surface area contributed by atoms with E-state index < -0.39 is 18.0 Å². The topological polar surface area (TPSA) is 58.2 Å². The first kappa shape index (κ1) is 17.6. The molecule has 0 heterocycles. The van der Waals surface area contributed by atoms with Crippen LogP contribution in [0, 0.1) is 0 Å². The quantitative estimate of drug-likeness (QED) is 0.824. The lowest BCUT2D eigenvalue weighted by molar-refractivity contribution is 0.0967. The molecule has 0 unspecified atom stereocenters. The number of hydrogen-bond donors (Lipinski definition) is 2. The number of hydrogen-bond acceptors (Lipinski definition) is 2. The minimum atomic E-state index is -1.77. The molecule has 2 aromatic carbocycles. The Balaban J connectivity index is 2.01. The van der Waals surface area contributed by atoms with Crippen LogP contribution in [0.25, 0.3) is 5.57 Å². The molecule has 0 saturated heterocycles. The molecule has 2 rings (SSSR count). The van der Waals surface area contributed by atoms with E-state index in [0.717, 1.165) is 0 Å². The minimum absolute atomic E-state index is 0.139. The van der Waals surface area contributed by atoms with Gasteiger partial charge in [0.2, 0.25) is 0 Å². The van der Waals surface area contributed by atoms with E-state index in [-0.39, 0.29) is 16.2 Å². The number of nitrogens with one attached hydrogen (secondary N) is 2. The summed E-state index contributed by atoms with van der Waals surface area (Å²) in [5.74, 6) is -0.645. The third-order valence-corrected chi connectivity index (χ3v) is 3.53. The molecule has 2 aromatic rings. The second-order valence-electron chi connectivity index (χ2n) is 4.85. The summed E-state index contributed by atoms with van der Waals surface area (Å²) in [7, 11) is 0. The molecule has 0 aliphatic carbocycles. The monoisotopic (exact) mass is 350 g/mol. The number of allylic oxidation sites excluding steroid dienone is 1. The van der Waals surface area contributed by atoms with Crippen LogP contribution in [-0.4, -0.2) is 11.9 Å².